The first kappa shape index (κ1) is 23.4. The van der Waals surface area contributed by atoms with Crippen molar-refractivity contribution in [2.75, 3.05) is 18.9 Å². The molecule has 0 atom stereocenters. The molecule has 0 aromatic carbocycles. The molecule has 33 heavy (non-hydrogen) atoms. The maximum absolute atomic E-state index is 6.48. The average molecular weight is 456 g/mol. The highest BCUT2D eigenvalue weighted by atomic mass is 16.5. The number of nitrogens with two attached hydrogens (primary N) is 2. The molecule has 4 rings (SSSR count). The van der Waals surface area contributed by atoms with Gasteiger partial charge in [0.2, 0.25) is 5.89 Å². The van der Waals surface area contributed by atoms with Gasteiger partial charge in [-0.3, -0.25) is 0 Å². The van der Waals surface area contributed by atoms with Gasteiger partial charge >= 0.3 is 6.01 Å². The summed E-state index contributed by atoms with van der Waals surface area (Å²) in [5.41, 5.74) is 9.13. The highest BCUT2D eigenvalue weighted by Crippen LogP contribution is 2.32. The first-order valence-electron chi connectivity index (χ1n) is 12.2. The maximum Gasteiger partial charge on any atom is 0.315 e. The van der Waals surface area contributed by atoms with Crippen LogP contribution in [-0.2, 0) is 0 Å². The molecule has 2 aliphatic carbocycles. The number of anilines is 1. The lowest BCUT2D eigenvalue weighted by Crippen LogP contribution is -2.32. The first-order chi connectivity index (χ1) is 16.0. The number of nitrogens with one attached hydrogen (secondary N) is 1. The molecule has 2 aromatic heterocycles. The highest BCUT2D eigenvalue weighted by Gasteiger charge is 2.22. The lowest BCUT2D eigenvalue weighted by molar-refractivity contribution is 0.153. The van der Waals surface area contributed by atoms with Crippen LogP contribution in [0.1, 0.15) is 87.4 Å². The summed E-state index contributed by atoms with van der Waals surface area (Å²) in [5, 5.41) is 13.0. The molecule has 2 saturated carbocycles. The smallest absolute Gasteiger partial charge is 0.315 e. The minimum Gasteiger partial charge on any atom is -0.489 e. The number of hydrogen-bond acceptors (Lipinski definition) is 9. The number of hydrazine groups is 1. The molecule has 180 valence electrons. The van der Waals surface area contributed by atoms with Crippen LogP contribution in [0.5, 0.6) is 5.75 Å². The molecule has 2 aromatic rings. The second-order valence-electron chi connectivity index (χ2n) is 9.26. The molecular weight excluding hydrogens is 418 g/mol. The summed E-state index contributed by atoms with van der Waals surface area (Å²) in [5.74, 6) is 7.98. The standard InChI is InChI=1S/C24H37N7O2/c1-16-21(32-18-11-7-4-8-12-18)14-13-19(28-16)22(25)20(31(2)26)15-27-24-30-29-23(33-24)17-9-5-3-6-10-17/h13-14,17-18H,3-12,15,25-26H2,1-2H3,(H,27,30)/b22-20-. The van der Waals surface area contributed by atoms with Crippen LogP contribution in [0.2, 0.25) is 0 Å². The fraction of sp³-hybridized carbons (Fsp3) is 0.625. The van der Waals surface area contributed by atoms with Gasteiger partial charge in [0, 0.05) is 13.0 Å². The molecule has 5 N–H and O–H groups in total. The van der Waals surface area contributed by atoms with Crippen molar-refractivity contribution < 1.29 is 9.15 Å². The molecule has 0 saturated heterocycles. The van der Waals surface area contributed by atoms with Gasteiger partial charge in [-0.05, 0) is 57.6 Å². The SMILES string of the molecule is Cc1nc(/C(N)=C(\CNc2nnc(C3CCCCC3)o2)N(C)N)ccc1OC1CCCCC1. The quantitative estimate of drug-likeness (QED) is 0.398. The van der Waals surface area contributed by atoms with Crippen molar-refractivity contribution in [1.29, 1.82) is 0 Å². The Kier molecular flexibility index (Phi) is 7.69. The van der Waals surface area contributed by atoms with Crippen LogP contribution in [0, 0.1) is 6.92 Å². The van der Waals surface area contributed by atoms with E-state index in [0.717, 1.165) is 37.1 Å². The normalized spacial score (nSPS) is 18.6. The van der Waals surface area contributed by atoms with E-state index < -0.39 is 0 Å². The van der Waals surface area contributed by atoms with Crippen LogP contribution in [0.3, 0.4) is 0 Å². The summed E-state index contributed by atoms with van der Waals surface area (Å²) in [6.45, 7) is 2.29. The number of aryl methyl sites for hydroxylation is 1. The fourth-order valence-electron chi connectivity index (χ4n) is 4.72. The van der Waals surface area contributed by atoms with E-state index in [4.69, 9.17) is 25.7 Å². The van der Waals surface area contributed by atoms with Crippen LogP contribution in [0.15, 0.2) is 22.2 Å². The molecule has 0 amide bonds. The van der Waals surface area contributed by atoms with Gasteiger partial charge in [-0.15, -0.1) is 5.10 Å². The minimum absolute atomic E-state index is 0.279. The lowest BCUT2D eigenvalue weighted by Gasteiger charge is -2.24. The van der Waals surface area contributed by atoms with Crippen molar-refractivity contribution in [1.82, 2.24) is 20.2 Å². The maximum atomic E-state index is 6.48. The predicted octanol–water partition coefficient (Wildman–Crippen LogP) is 4.08. The number of likely N-dealkylation sites (N-methyl/N-ethyl adjacent to an activating group) is 1. The van der Waals surface area contributed by atoms with Gasteiger partial charge in [0.1, 0.15) is 5.75 Å². The third-order valence-electron chi connectivity index (χ3n) is 6.70. The summed E-state index contributed by atoms with van der Waals surface area (Å²) >= 11 is 0. The number of rotatable bonds is 8. The van der Waals surface area contributed by atoms with Gasteiger partial charge in [-0.1, -0.05) is 30.8 Å². The topological polar surface area (TPSA) is 128 Å². The molecule has 2 heterocycles. The van der Waals surface area contributed by atoms with Crippen molar-refractivity contribution in [2.24, 2.45) is 11.6 Å². The van der Waals surface area contributed by atoms with E-state index in [1.165, 1.54) is 43.5 Å². The number of ether oxygens (including phenoxy) is 1. The van der Waals surface area contributed by atoms with Gasteiger partial charge in [0.05, 0.1) is 35.4 Å². The Bertz CT molecular complexity index is 944. The molecule has 0 unspecified atom stereocenters. The van der Waals surface area contributed by atoms with Gasteiger partial charge < -0.3 is 25.2 Å². The number of pyridine rings is 1. The van der Waals surface area contributed by atoms with E-state index in [0.29, 0.717) is 41.5 Å². The zero-order valence-corrected chi connectivity index (χ0v) is 19.8. The monoisotopic (exact) mass is 455 g/mol. The average Bonchev–Trinajstić information content (AvgIpc) is 3.30. The Morgan fingerprint density at radius 1 is 1.09 bits per heavy atom. The van der Waals surface area contributed by atoms with Gasteiger partial charge in [0.15, 0.2) is 0 Å². The van der Waals surface area contributed by atoms with Crippen molar-refractivity contribution in [3.8, 4) is 5.75 Å². The van der Waals surface area contributed by atoms with E-state index in [2.05, 4.69) is 15.5 Å². The Balaban J connectivity index is 1.43. The Morgan fingerprint density at radius 3 is 2.45 bits per heavy atom. The van der Waals surface area contributed by atoms with Crippen molar-refractivity contribution in [3.05, 3.63) is 35.1 Å². The van der Waals surface area contributed by atoms with Gasteiger partial charge in [0.25, 0.3) is 0 Å². The minimum atomic E-state index is 0.279. The molecule has 2 fully saturated rings. The van der Waals surface area contributed by atoms with Gasteiger partial charge in [-0.2, -0.15) is 0 Å². The Morgan fingerprint density at radius 2 is 1.79 bits per heavy atom. The summed E-state index contributed by atoms with van der Waals surface area (Å²) in [4.78, 5) is 4.69. The largest absolute Gasteiger partial charge is 0.489 e. The molecule has 0 aliphatic heterocycles. The number of nitrogens with zero attached hydrogens (tertiary/aromatic N) is 4. The van der Waals surface area contributed by atoms with Crippen LogP contribution in [0.25, 0.3) is 5.70 Å². The molecule has 0 bridgehead atoms. The Labute approximate surface area is 195 Å². The second-order valence-corrected chi connectivity index (χ2v) is 9.26. The second kappa shape index (κ2) is 10.9. The zero-order chi connectivity index (χ0) is 23.2. The van der Waals surface area contributed by atoms with Crippen molar-refractivity contribution in [2.45, 2.75) is 83.2 Å². The predicted molar refractivity (Wildman–Crippen MR) is 128 cm³/mol. The number of hydrogen-bond donors (Lipinski definition) is 3. The van der Waals surface area contributed by atoms with E-state index >= 15 is 0 Å². The molecule has 9 heteroatoms. The first-order valence-corrected chi connectivity index (χ1v) is 12.2. The Hall–Kier alpha value is -2.81. The molecule has 0 spiro atoms. The van der Waals surface area contributed by atoms with Crippen molar-refractivity contribution in [3.63, 3.8) is 0 Å². The molecule has 2 aliphatic rings. The van der Waals surface area contributed by atoms with E-state index in [1.54, 1.807) is 7.05 Å². The summed E-state index contributed by atoms with van der Waals surface area (Å²) in [7, 11) is 1.75. The molecular formula is C24H37N7O2. The van der Waals surface area contributed by atoms with E-state index in [1.807, 2.05) is 19.1 Å². The number of aromatic nitrogens is 3. The van der Waals surface area contributed by atoms with E-state index in [9.17, 15) is 0 Å². The molecule has 0 radical (unpaired) electrons. The summed E-state index contributed by atoms with van der Waals surface area (Å²) < 4.78 is 12.0. The fourth-order valence-corrected chi connectivity index (χ4v) is 4.72. The summed E-state index contributed by atoms with van der Waals surface area (Å²) in [6.07, 6.45) is 12.2. The van der Waals surface area contributed by atoms with Crippen LogP contribution >= 0.6 is 0 Å². The van der Waals surface area contributed by atoms with Crippen LogP contribution in [0.4, 0.5) is 6.01 Å². The van der Waals surface area contributed by atoms with Crippen LogP contribution in [-0.4, -0.2) is 39.9 Å². The highest BCUT2D eigenvalue weighted by molar-refractivity contribution is 5.64. The third-order valence-corrected chi connectivity index (χ3v) is 6.70. The third kappa shape index (κ3) is 5.96. The van der Waals surface area contributed by atoms with Gasteiger partial charge in [-0.25, -0.2) is 10.8 Å². The zero-order valence-electron chi connectivity index (χ0n) is 19.8. The lowest BCUT2D eigenvalue weighted by atomic mass is 9.89. The van der Waals surface area contributed by atoms with Crippen LogP contribution < -0.4 is 21.6 Å². The van der Waals surface area contributed by atoms with Crippen molar-refractivity contribution >= 4 is 11.7 Å². The van der Waals surface area contributed by atoms with E-state index in [-0.39, 0.29) is 6.10 Å². The summed E-state index contributed by atoms with van der Waals surface area (Å²) in [6, 6.07) is 4.22. The molecule has 9 nitrogen and oxygen atoms in total.